The fourth-order valence-electron chi connectivity index (χ4n) is 2.60. The summed E-state index contributed by atoms with van der Waals surface area (Å²) in [4.78, 5) is 11.5. The van der Waals surface area contributed by atoms with Crippen molar-refractivity contribution in [2.45, 2.75) is 83.8 Å². The van der Waals surface area contributed by atoms with Crippen LogP contribution < -0.4 is 0 Å². The smallest absolute Gasteiger partial charge is 0.306 e. The van der Waals surface area contributed by atoms with Crippen molar-refractivity contribution in [2.75, 3.05) is 0 Å². The van der Waals surface area contributed by atoms with Gasteiger partial charge in [0.05, 0.1) is 6.10 Å². The van der Waals surface area contributed by atoms with Crippen LogP contribution in [0.25, 0.3) is 0 Å². The molecule has 3 nitrogen and oxygen atoms in total. The molecule has 1 aliphatic rings. The molecule has 1 fully saturated rings. The second-order valence-electron chi connectivity index (χ2n) is 6.44. The highest BCUT2D eigenvalue weighted by molar-refractivity contribution is 5.69. The Morgan fingerprint density at radius 2 is 1.89 bits per heavy atom. The molecule has 0 aromatic rings. The van der Waals surface area contributed by atoms with Crippen LogP contribution in [0, 0.1) is 5.92 Å². The molecule has 0 heterocycles. The maximum absolute atomic E-state index is 11.5. The Morgan fingerprint density at radius 1 is 1.28 bits per heavy atom. The first kappa shape index (κ1) is 15.5. The van der Waals surface area contributed by atoms with E-state index in [1.165, 1.54) is 19.3 Å². The number of ether oxygens (including phenoxy) is 1. The number of hydrogen-bond acceptors (Lipinski definition) is 3. The number of esters is 1. The van der Waals surface area contributed by atoms with Crippen molar-refractivity contribution in [3.8, 4) is 0 Å². The molecule has 0 saturated heterocycles. The highest BCUT2D eigenvalue weighted by atomic mass is 16.6. The lowest BCUT2D eigenvalue weighted by Gasteiger charge is -2.26. The van der Waals surface area contributed by atoms with Gasteiger partial charge in [-0.05, 0) is 52.4 Å². The third-order valence-electron chi connectivity index (χ3n) is 3.49. The van der Waals surface area contributed by atoms with Gasteiger partial charge in [-0.1, -0.05) is 19.3 Å². The summed E-state index contributed by atoms with van der Waals surface area (Å²) >= 11 is 0. The van der Waals surface area contributed by atoms with E-state index in [0.717, 1.165) is 25.7 Å². The molecular weight excluding hydrogens is 228 g/mol. The summed E-state index contributed by atoms with van der Waals surface area (Å²) in [5, 5.41) is 10.1. The number of rotatable bonds is 5. The van der Waals surface area contributed by atoms with Gasteiger partial charge in [-0.15, -0.1) is 0 Å². The van der Waals surface area contributed by atoms with Crippen LogP contribution in [-0.4, -0.2) is 22.8 Å². The molecule has 1 N–H and O–H groups in total. The molecule has 0 amide bonds. The van der Waals surface area contributed by atoms with Gasteiger partial charge in [-0.25, -0.2) is 0 Å². The number of hydrogen-bond donors (Lipinski definition) is 1. The van der Waals surface area contributed by atoms with Crippen molar-refractivity contribution in [1.82, 2.24) is 0 Å². The summed E-state index contributed by atoms with van der Waals surface area (Å²) in [7, 11) is 0. The molecule has 0 aromatic carbocycles. The maximum Gasteiger partial charge on any atom is 0.306 e. The normalized spacial score (nSPS) is 19.6. The van der Waals surface area contributed by atoms with E-state index in [2.05, 4.69) is 0 Å². The standard InChI is InChI=1S/C15H28O3/c1-15(2,3)18-14(17)11-7-10-13(16)12-8-5-4-6-9-12/h12-13,16H,4-11H2,1-3H3. The topological polar surface area (TPSA) is 46.5 Å². The van der Waals surface area contributed by atoms with Crippen LogP contribution in [0.1, 0.15) is 72.1 Å². The summed E-state index contributed by atoms with van der Waals surface area (Å²) in [6, 6.07) is 0. The van der Waals surface area contributed by atoms with Crippen LogP contribution in [-0.2, 0) is 9.53 Å². The minimum Gasteiger partial charge on any atom is -0.460 e. The maximum atomic E-state index is 11.5. The molecule has 1 atom stereocenters. The van der Waals surface area contributed by atoms with Gasteiger partial charge < -0.3 is 9.84 Å². The van der Waals surface area contributed by atoms with Gasteiger partial charge in [0.1, 0.15) is 5.60 Å². The van der Waals surface area contributed by atoms with Crippen molar-refractivity contribution in [3.63, 3.8) is 0 Å². The van der Waals surface area contributed by atoms with Crippen LogP contribution in [0.5, 0.6) is 0 Å². The molecule has 3 heteroatoms. The Balaban J connectivity index is 2.14. The second kappa shape index (κ2) is 7.13. The van der Waals surface area contributed by atoms with Gasteiger partial charge in [-0.2, -0.15) is 0 Å². The van der Waals surface area contributed by atoms with Crippen molar-refractivity contribution in [2.24, 2.45) is 5.92 Å². The Kier molecular flexibility index (Phi) is 6.13. The summed E-state index contributed by atoms with van der Waals surface area (Å²) in [6.45, 7) is 5.63. The first-order valence-corrected chi connectivity index (χ1v) is 7.28. The molecular formula is C15H28O3. The van der Waals surface area contributed by atoms with E-state index >= 15 is 0 Å². The lowest BCUT2D eigenvalue weighted by atomic mass is 9.83. The Morgan fingerprint density at radius 3 is 2.44 bits per heavy atom. The number of carbonyl (C=O) groups is 1. The first-order valence-electron chi connectivity index (χ1n) is 7.28. The van der Waals surface area contributed by atoms with Crippen LogP contribution in [0.3, 0.4) is 0 Å². The third-order valence-corrected chi connectivity index (χ3v) is 3.49. The van der Waals surface area contributed by atoms with E-state index in [9.17, 15) is 9.90 Å². The van der Waals surface area contributed by atoms with Crippen molar-refractivity contribution in [1.29, 1.82) is 0 Å². The largest absolute Gasteiger partial charge is 0.460 e. The van der Waals surface area contributed by atoms with Crippen LogP contribution in [0.2, 0.25) is 0 Å². The molecule has 0 radical (unpaired) electrons. The minimum atomic E-state index is -0.404. The van der Waals surface area contributed by atoms with Crippen molar-refractivity contribution >= 4 is 5.97 Å². The molecule has 0 spiro atoms. The predicted octanol–water partition coefficient (Wildman–Crippen LogP) is 3.44. The summed E-state index contributed by atoms with van der Waals surface area (Å²) < 4.78 is 5.24. The zero-order chi connectivity index (χ0) is 13.6. The molecule has 0 bridgehead atoms. The molecule has 106 valence electrons. The third kappa shape index (κ3) is 6.39. The minimum absolute atomic E-state index is 0.154. The summed E-state index contributed by atoms with van der Waals surface area (Å²) in [5.41, 5.74) is -0.404. The van der Waals surface area contributed by atoms with Gasteiger partial charge in [0.15, 0.2) is 0 Å². The van der Waals surface area contributed by atoms with Crippen molar-refractivity contribution in [3.05, 3.63) is 0 Å². The van der Waals surface area contributed by atoms with Gasteiger partial charge >= 0.3 is 5.97 Å². The first-order chi connectivity index (χ1) is 8.38. The molecule has 1 rings (SSSR count). The van der Waals surface area contributed by atoms with Gasteiger partial charge in [-0.3, -0.25) is 4.79 Å². The Labute approximate surface area is 111 Å². The molecule has 1 unspecified atom stereocenters. The number of carbonyl (C=O) groups excluding carboxylic acids is 1. The molecule has 0 aromatic heterocycles. The SMILES string of the molecule is CC(C)(C)OC(=O)CCCC(O)C1CCCCC1. The van der Waals surface area contributed by atoms with Crippen LogP contribution in [0.4, 0.5) is 0 Å². The highest BCUT2D eigenvalue weighted by Crippen LogP contribution is 2.28. The van der Waals surface area contributed by atoms with E-state index in [4.69, 9.17) is 4.74 Å². The van der Waals surface area contributed by atoms with Crippen LogP contribution >= 0.6 is 0 Å². The molecule has 0 aliphatic heterocycles. The quantitative estimate of drug-likeness (QED) is 0.766. The van der Waals surface area contributed by atoms with E-state index in [1.54, 1.807) is 0 Å². The fourth-order valence-corrected chi connectivity index (χ4v) is 2.60. The molecule has 1 aliphatic carbocycles. The van der Waals surface area contributed by atoms with Crippen LogP contribution in [0.15, 0.2) is 0 Å². The predicted molar refractivity (Wildman–Crippen MR) is 72.3 cm³/mol. The summed E-state index contributed by atoms with van der Waals surface area (Å²) in [6.07, 6.45) is 7.73. The van der Waals surface area contributed by atoms with E-state index in [-0.39, 0.29) is 12.1 Å². The van der Waals surface area contributed by atoms with E-state index < -0.39 is 5.60 Å². The van der Waals surface area contributed by atoms with Gasteiger partial charge in [0.2, 0.25) is 0 Å². The van der Waals surface area contributed by atoms with Crippen molar-refractivity contribution < 1.29 is 14.6 Å². The Hall–Kier alpha value is -0.570. The lowest BCUT2D eigenvalue weighted by molar-refractivity contribution is -0.155. The second-order valence-corrected chi connectivity index (χ2v) is 6.44. The zero-order valence-corrected chi connectivity index (χ0v) is 12.1. The zero-order valence-electron chi connectivity index (χ0n) is 12.1. The Bertz CT molecular complexity index is 249. The lowest BCUT2D eigenvalue weighted by Crippen LogP contribution is -2.25. The summed E-state index contributed by atoms with van der Waals surface area (Å²) in [5.74, 6) is 0.302. The average molecular weight is 256 g/mol. The molecule has 1 saturated carbocycles. The van der Waals surface area contributed by atoms with E-state index in [0.29, 0.717) is 12.3 Å². The number of aliphatic hydroxyl groups is 1. The van der Waals surface area contributed by atoms with Gasteiger partial charge in [0, 0.05) is 6.42 Å². The van der Waals surface area contributed by atoms with Gasteiger partial charge in [0.25, 0.3) is 0 Å². The highest BCUT2D eigenvalue weighted by Gasteiger charge is 2.22. The average Bonchev–Trinajstić information content (AvgIpc) is 2.27. The number of aliphatic hydroxyl groups excluding tert-OH is 1. The van der Waals surface area contributed by atoms with E-state index in [1.807, 2.05) is 20.8 Å². The fraction of sp³-hybridized carbons (Fsp3) is 0.933. The monoisotopic (exact) mass is 256 g/mol. The molecule has 18 heavy (non-hydrogen) atoms.